The van der Waals surface area contributed by atoms with Crippen molar-refractivity contribution in [3.05, 3.63) is 57.5 Å². The van der Waals surface area contributed by atoms with E-state index in [9.17, 15) is 4.79 Å². The summed E-state index contributed by atoms with van der Waals surface area (Å²) >= 11 is 4.86. The molecule has 8 nitrogen and oxygen atoms in total. The Balaban J connectivity index is 1.39. The van der Waals surface area contributed by atoms with Crippen molar-refractivity contribution < 1.29 is 14.3 Å². The molecule has 1 aromatic carbocycles. The van der Waals surface area contributed by atoms with Crippen LogP contribution in [-0.4, -0.2) is 60.8 Å². The second kappa shape index (κ2) is 10.9. The van der Waals surface area contributed by atoms with Gasteiger partial charge in [0.05, 0.1) is 30.4 Å². The third-order valence-corrected chi connectivity index (χ3v) is 6.49. The summed E-state index contributed by atoms with van der Waals surface area (Å²) in [5.74, 6) is 0.608. The number of halogens is 1. The van der Waals surface area contributed by atoms with Crippen molar-refractivity contribution in [3.63, 3.8) is 0 Å². The van der Waals surface area contributed by atoms with Crippen LogP contribution >= 0.6 is 27.3 Å². The molecule has 0 amide bonds. The molecule has 32 heavy (non-hydrogen) atoms. The lowest BCUT2D eigenvalue weighted by Gasteiger charge is -2.26. The first-order chi connectivity index (χ1) is 15.6. The van der Waals surface area contributed by atoms with E-state index in [1.807, 2.05) is 17.5 Å². The van der Waals surface area contributed by atoms with Crippen LogP contribution in [0, 0.1) is 0 Å². The quantitative estimate of drug-likeness (QED) is 0.423. The number of methoxy groups -OCH3 is 1. The minimum Gasteiger partial charge on any atom is -0.465 e. The zero-order valence-corrected chi connectivity index (χ0v) is 20.0. The molecule has 0 atom stereocenters. The van der Waals surface area contributed by atoms with Gasteiger partial charge in [0, 0.05) is 31.5 Å². The average molecular weight is 518 g/mol. The summed E-state index contributed by atoms with van der Waals surface area (Å²) in [6.07, 6.45) is 2.67. The molecule has 1 aliphatic rings. The smallest absolute Gasteiger partial charge is 0.340 e. The Morgan fingerprint density at radius 3 is 2.75 bits per heavy atom. The van der Waals surface area contributed by atoms with Crippen LogP contribution in [0.15, 0.2) is 46.4 Å². The number of hydrogen-bond acceptors (Lipinski definition) is 9. The molecule has 1 fully saturated rings. The second-order valence-corrected chi connectivity index (χ2v) is 8.97. The number of rotatable bonds is 8. The first-order valence-corrected chi connectivity index (χ1v) is 11.9. The Hall–Kier alpha value is -2.53. The Morgan fingerprint density at radius 2 is 2.00 bits per heavy atom. The zero-order chi connectivity index (χ0) is 22.3. The van der Waals surface area contributed by atoms with E-state index < -0.39 is 5.97 Å². The topological polar surface area (TPSA) is 88.6 Å². The number of esters is 1. The van der Waals surface area contributed by atoms with Gasteiger partial charge in [0.2, 0.25) is 5.95 Å². The second-order valence-electron chi connectivity index (χ2n) is 7.20. The van der Waals surface area contributed by atoms with Gasteiger partial charge < -0.3 is 20.1 Å². The van der Waals surface area contributed by atoms with Crippen molar-refractivity contribution >= 4 is 55.7 Å². The summed E-state index contributed by atoms with van der Waals surface area (Å²) in [7, 11) is 1.36. The van der Waals surface area contributed by atoms with Crippen LogP contribution in [0.25, 0.3) is 0 Å². The summed E-state index contributed by atoms with van der Waals surface area (Å²) in [5, 5.41) is 8.90. The van der Waals surface area contributed by atoms with E-state index in [4.69, 9.17) is 9.47 Å². The maximum atomic E-state index is 11.9. The molecule has 1 saturated heterocycles. The van der Waals surface area contributed by atoms with Crippen LogP contribution in [-0.2, 0) is 15.9 Å². The minimum absolute atomic E-state index is 0.397. The zero-order valence-electron chi connectivity index (χ0n) is 17.6. The van der Waals surface area contributed by atoms with E-state index in [1.54, 1.807) is 12.3 Å². The van der Waals surface area contributed by atoms with Crippen molar-refractivity contribution in [2.24, 2.45) is 0 Å². The molecule has 168 valence electrons. The van der Waals surface area contributed by atoms with Gasteiger partial charge in [-0.1, -0.05) is 12.1 Å². The number of hydrogen-bond donors (Lipinski definition) is 2. The van der Waals surface area contributed by atoms with Gasteiger partial charge in [0.25, 0.3) is 0 Å². The minimum atomic E-state index is -0.397. The number of ether oxygens (including phenoxy) is 2. The van der Waals surface area contributed by atoms with Gasteiger partial charge >= 0.3 is 5.97 Å². The number of aromatic nitrogens is 2. The van der Waals surface area contributed by atoms with Gasteiger partial charge in [-0.15, -0.1) is 11.3 Å². The number of carbonyl (C=O) groups excluding carboxylic acids is 1. The molecule has 0 radical (unpaired) electrons. The molecule has 0 saturated carbocycles. The molecule has 0 aliphatic carbocycles. The van der Waals surface area contributed by atoms with E-state index in [2.05, 4.69) is 53.6 Å². The van der Waals surface area contributed by atoms with Crippen molar-refractivity contribution in [1.29, 1.82) is 0 Å². The standard InChI is InChI=1S/C22H24BrN5O3S/c1-30-21(29)17-7-13-32-20(17)26-19-18(23)14-24-22(27-19)25-16-4-2-15(3-5-16)6-8-28-9-11-31-12-10-28/h2-5,7,13-14H,6,8-12H2,1H3,(H2,24,25,26,27). The van der Waals surface area contributed by atoms with Crippen LogP contribution in [0.2, 0.25) is 0 Å². The summed E-state index contributed by atoms with van der Waals surface area (Å²) in [4.78, 5) is 23.2. The van der Waals surface area contributed by atoms with Crippen LogP contribution in [0.3, 0.4) is 0 Å². The van der Waals surface area contributed by atoms with Crippen molar-refractivity contribution in [2.45, 2.75) is 6.42 Å². The molecule has 0 unspecified atom stereocenters. The highest BCUT2D eigenvalue weighted by molar-refractivity contribution is 9.10. The number of nitrogens with zero attached hydrogens (tertiary/aromatic N) is 3. The Morgan fingerprint density at radius 1 is 1.22 bits per heavy atom. The first kappa shape index (κ1) is 22.7. The van der Waals surface area contributed by atoms with E-state index in [-0.39, 0.29) is 0 Å². The first-order valence-electron chi connectivity index (χ1n) is 10.2. The molecule has 10 heteroatoms. The van der Waals surface area contributed by atoms with Crippen LogP contribution in [0.4, 0.5) is 22.5 Å². The van der Waals surface area contributed by atoms with Gasteiger partial charge in [-0.3, -0.25) is 4.90 Å². The number of carbonyl (C=O) groups is 1. The fraction of sp³-hybridized carbons (Fsp3) is 0.318. The maximum Gasteiger partial charge on any atom is 0.340 e. The monoisotopic (exact) mass is 517 g/mol. The van der Waals surface area contributed by atoms with Gasteiger partial charge in [0.1, 0.15) is 5.00 Å². The Kier molecular flexibility index (Phi) is 7.69. The molecular formula is C22H24BrN5O3S. The van der Waals surface area contributed by atoms with Gasteiger partial charge in [0.15, 0.2) is 5.82 Å². The largest absolute Gasteiger partial charge is 0.465 e. The SMILES string of the molecule is COC(=O)c1ccsc1Nc1nc(Nc2ccc(CCN3CCOCC3)cc2)ncc1Br. The highest BCUT2D eigenvalue weighted by Crippen LogP contribution is 2.31. The molecule has 4 rings (SSSR count). The third kappa shape index (κ3) is 5.83. The fourth-order valence-electron chi connectivity index (χ4n) is 3.30. The lowest BCUT2D eigenvalue weighted by atomic mass is 10.1. The normalized spacial score (nSPS) is 14.2. The predicted octanol–water partition coefficient (Wildman–Crippen LogP) is 4.45. The third-order valence-electron chi connectivity index (χ3n) is 5.08. The number of nitrogens with one attached hydrogen (secondary N) is 2. The number of benzene rings is 1. The predicted molar refractivity (Wildman–Crippen MR) is 129 cm³/mol. The van der Waals surface area contributed by atoms with Gasteiger partial charge in [-0.25, -0.2) is 9.78 Å². The van der Waals surface area contributed by atoms with Crippen molar-refractivity contribution in [2.75, 3.05) is 50.6 Å². The van der Waals surface area contributed by atoms with Gasteiger partial charge in [-0.05, 0) is 51.5 Å². The van der Waals surface area contributed by atoms with Crippen molar-refractivity contribution in [1.82, 2.24) is 14.9 Å². The summed E-state index contributed by atoms with van der Waals surface area (Å²) < 4.78 is 10.9. The number of morpholine rings is 1. The lowest BCUT2D eigenvalue weighted by Crippen LogP contribution is -2.37. The van der Waals surface area contributed by atoms with Crippen molar-refractivity contribution in [3.8, 4) is 0 Å². The van der Waals surface area contributed by atoms with Crippen LogP contribution in [0.1, 0.15) is 15.9 Å². The maximum absolute atomic E-state index is 11.9. The van der Waals surface area contributed by atoms with E-state index in [1.165, 1.54) is 24.0 Å². The van der Waals surface area contributed by atoms with Crippen LogP contribution < -0.4 is 10.6 Å². The number of thiophene rings is 1. The summed E-state index contributed by atoms with van der Waals surface area (Å²) in [6.45, 7) is 4.69. The molecule has 0 bridgehead atoms. The molecule has 2 N–H and O–H groups in total. The molecular weight excluding hydrogens is 494 g/mol. The Bertz CT molecular complexity index is 1050. The average Bonchev–Trinajstić information content (AvgIpc) is 3.29. The Labute approximate surface area is 199 Å². The fourth-order valence-corrected chi connectivity index (χ4v) is 4.36. The molecule has 0 spiro atoms. The lowest BCUT2D eigenvalue weighted by molar-refractivity contribution is 0.0384. The van der Waals surface area contributed by atoms with Crippen LogP contribution in [0.5, 0.6) is 0 Å². The molecule has 2 aromatic heterocycles. The van der Waals surface area contributed by atoms with E-state index in [0.717, 1.165) is 45.0 Å². The number of anilines is 4. The molecule has 1 aliphatic heterocycles. The highest BCUT2D eigenvalue weighted by Gasteiger charge is 2.15. The summed E-state index contributed by atoms with van der Waals surface area (Å²) in [5.41, 5.74) is 2.65. The summed E-state index contributed by atoms with van der Waals surface area (Å²) in [6, 6.07) is 10.0. The highest BCUT2D eigenvalue weighted by atomic mass is 79.9. The van der Waals surface area contributed by atoms with E-state index >= 15 is 0 Å². The van der Waals surface area contributed by atoms with E-state index in [0.29, 0.717) is 26.8 Å². The molecule has 3 heterocycles. The molecule has 3 aromatic rings. The van der Waals surface area contributed by atoms with Gasteiger partial charge in [-0.2, -0.15) is 4.98 Å².